The Hall–Kier alpha value is -4.01. The van der Waals surface area contributed by atoms with Gasteiger partial charge in [0.15, 0.2) is 12.3 Å². The molecule has 3 aromatic rings. The molecule has 9 heteroatoms. The molecule has 3 heterocycles. The maximum atomic E-state index is 13.2. The van der Waals surface area contributed by atoms with E-state index >= 15 is 0 Å². The molecular weight excluding hydrogens is 496 g/mol. The molecule has 0 aliphatic carbocycles. The summed E-state index contributed by atoms with van der Waals surface area (Å²) in [5.41, 5.74) is 3.06. The summed E-state index contributed by atoms with van der Waals surface area (Å²) in [5.74, 6) is 1.46. The number of hydrogen-bond acceptors (Lipinski definition) is 7. The third kappa shape index (κ3) is 5.44. The second kappa shape index (κ2) is 11.0. The van der Waals surface area contributed by atoms with Crippen molar-refractivity contribution in [1.29, 1.82) is 0 Å². The van der Waals surface area contributed by atoms with Crippen LogP contribution < -0.4 is 19.3 Å². The fourth-order valence-electron chi connectivity index (χ4n) is 4.93. The van der Waals surface area contributed by atoms with Gasteiger partial charge < -0.3 is 23.7 Å². The quantitative estimate of drug-likeness (QED) is 0.417. The van der Waals surface area contributed by atoms with Gasteiger partial charge in [-0.2, -0.15) is 0 Å². The summed E-state index contributed by atoms with van der Waals surface area (Å²) >= 11 is 0. The summed E-state index contributed by atoms with van der Waals surface area (Å²) in [6, 6.07) is 13.9. The van der Waals surface area contributed by atoms with Gasteiger partial charge in [-0.1, -0.05) is 39.0 Å². The molecule has 0 radical (unpaired) electrons. The first-order valence-electron chi connectivity index (χ1n) is 13.6. The van der Waals surface area contributed by atoms with Crippen LogP contribution in [0.1, 0.15) is 56.1 Å². The van der Waals surface area contributed by atoms with Gasteiger partial charge >= 0.3 is 0 Å². The maximum Gasteiger partial charge on any atom is 0.275 e. The minimum Gasteiger partial charge on any atom is -0.492 e. The molecule has 1 saturated heterocycles. The van der Waals surface area contributed by atoms with Crippen LogP contribution in [0.5, 0.6) is 11.5 Å². The van der Waals surface area contributed by atoms with E-state index in [0.29, 0.717) is 50.1 Å². The lowest BCUT2D eigenvalue weighted by atomic mass is 9.82. The number of rotatable bonds is 8. The Labute approximate surface area is 229 Å². The predicted octanol–water partition coefficient (Wildman–Crippen LogP) is 4.65. The lowest BCUT2D eigenvalue weighted by Gasteiger charge is -2.36. The van der Waals surface area contributed by atoms with Crippen molar-refractivity contribution < 1.29 is 23.5 Å². The van der Waals surface area contributed by atoms with Crippen molar-refractivity contribution in [2.24, 2.45) is 0 Å². The van der Waals surface area contributed by atoms with Crippen molar-refractivity contribution in [3.63, 3.8) is 0 Å². The second-order valence-electron chi connectivity index (χ2n) is 10.5. The van der Waals surface area contributed by atoms with Crippen molar-refractivity contribution in [3.8, 4) is 11.5 Å². The summed E-state index contributed by atoms with van der Waals surface area (Å²) in [7, 11) is 0. The van der Waals surface area contributed by atoms with Crippen molar-refractivity contribution in [1.82, 2.24) is 9.88 Å². The lowest BCUT2D eigenvalue weighted by Crippen LogP contribution is -2.49. The number of amides is 2. The highest BCUT2D eigenvalue weighted by atomic mass is 16.5. The van der Waals surface area contributed by atoms with Crippen molar-refractivity contribution in [2.45, 2.75) is 46.1 Å². The number of benzene rings is 2. The Morgan fingerprint density at radius 1 is 1.05 bits per heavy atom. The van der Waals surface area contributed by atoms with Gasteiger partial charge in [0.1, 0.15) is 24.3 Å². The average Bonchev–Trinajstić information content (AvgIpc) is 3.43. The molecule has 0 spiro atoms. The molecule has 0 bridgehead atoms. The van der Waals surface area contributed by atoms with Gasteiger partial charge in [-0.3, -0.25) is 14.5 Å². The standard InChI is InChI=1S/C30H36N4O5/c1-5-30(3,4)21-11-12-26-24(17-21)34(28(35)20-38-26)18-27-31-22(19-39-27)29(36)33-15-13-32(14-16-33)23-9-7-8-10-25(23)37-6-2/h7-12,17,19H,5-6,13-16,18,20H2,1-4H3. The van der Waals surface area contributed by atoms with E-state index in [2.05, 4.69) is 30.7 Å². The molecule has 0 unspecified atom stereocenters. The topological polar surface area (TPSA) is 88.4 Å². The van der Waals surface area contributed by atoms with Crippen LogP contribution >= 0.6 is 0 Å². The zero-order chi connectivity index (χ0) is 27.6. The molecule has 2 aliphatic heterocycles. The number of oxazole rings is 1. The van der Waals surface area contributed by atoms with Crippen molar-refractivity contribution in [3.05, 3.63) is 65.9 Å². The highest BCUT2D eigenvalue weighted by Crippen LogP contribution is 2.38. The molecule has 2 aliphatic rings. The summed E-state index contributed by atoms with van der Waals surface area (Å²) in [6.45, 7) is 11.6. The summed E-state index contributed by atoms with van der Waals surface area (Å²) in [5, 5.41) is 0. The molecule has 5 rings (SSSR count). The highest BCUT2D eigenvalue weighted by molar-refractivity contribution is 5.98. The number of aromatic nitrogens is 1. The number of carbonyl (C=O) groups excluding carboxylic acids is 2. The van der Waals surface area contributed by atoms with Gasteiger partial charge in [-0.05, 0) is 48.6 Å². The largest absolute Gasteiger partial charge is 0.492 e. The van der Waals surface area contributed by atoms with Crippen LogP contribution in [0.4, 0.5) is 11.4 Å². The minimum absolute atomic E-state index is 0.0428. The van der Waals surface area contributed by atoms with Crippen LogP contribution in [0, 0.1) is 0 Å². The fourth-order valence-corrected chi connectivity index (χ4v) is 4.93. The minimum atomic E-state index is -0.177. The zero-order valence-corrected chi connectivity index (χ0v) is 23.1. The van der Waals surface area contributed by atoms with Gasteiger partial charge in [0.2, 0.25) is 5.89 Å². The monoisotopic (exact) mass is 532 g/mol. The van der Waals surface area contributed by atoms with Crippen LogP contribution in [0.3, 0.4) is 0 Å². The molecule has 39 heavy (non-hydrogen) atoms. The summed E-state index contributed by atoms with van der Waals surface area (Å²) in [6.07, 6.45) is 2.34. The summed E-state index contributed by atoms with van der Waals surface area (Å²) in [4.78, 5) is 36.2. The van der Waals surface area contributed by atoms with E-state index in [-0.39, 0.29) is 36.1 Å². The van der Waals surface area contributed by atoms with Crippen LogP contribution in [-0.4, -0.2) is 61.1 Å². The molecule has 1 fully saturated rings. The first-order valence-corrected chi connectivity index (χ1v) is 13.6. The highest BCUT2D eigenvalue weighted by Gasteiger charge is 2.31. The van der Waals surface area contributed by atoms with Gasteiger partial charge in [-0.15, -0.1) is 0 Å². The molecule has 9 nitrogen and oxygen atoms in total. The van der Waals surface area contributed by atoms with Crippen LogP contribution in [0.15, 0.2) is 53.1 Å². The van der Waals surface area contributed by atoms with Gasteiger partial charge in [0.05, 0.1) is 18.0 Å². The molecule has 2 amide bonds. The summed E-state index contributed by atoms with van der Waals surface area (Å²) < 4.78 is 17.1. The van der Waals surface area contributed by atoms with Crippen LogP contribution in [0.25, 0.3) is 0 Å². The van der Waals surface area contributed by atoms with Crippen LogP contribution in [-0.2, 0) is 16.8 Å². The van der Waals surface area contributed by atoms with E-state index in [1.165, 1.54) is 6.26 Å². The van der Waals surface area contributed by atoms with E-state index < -0.39 is 0 Å². The Kier molecular flexibility index (Phi) is 7.50. The molecule has 0 N–H and O–H groups in total. The third-order valence-corrected chi connectivity index (χ3v) is 7.70. The van der Waals surface area contributed by atoms with Gasteiger partial charge in [0, 0.05) is 26.2 Å². The van der Waals surface area contributed by atoms with E-state index in [1.54, 1.807) is 9.80 Å². The Morgan fingerprint density at radius 2 is 1.82 bits per heavy atom. The number of carbonyl (C=O) groups is 2. The van der Waals surface area contributed by atoms with Gasteiger partial charge in [0.25, 0.3) is 11.8 Å². The maximum absolute atomic E-state index is 13.2. The first-order chi connectivity index (χ1) is 18.8. The fraction of sp³-hybridized carbons (Fsp3) is 0.433. The molecule has 0 saturated carbocycles. The van der Waals surface area contributed by atoms with Gasteiger partial charge in [-0.25, -0.2) is 4.98 Å². The number of nitrogens with zero attached hydrogens (tertiary/aromatic N) is 4. The van der Waals surface area contributed by atoms with E-state index in [4.69, 9.17) is 13.9 Å². The Bertz CT molecular complexity index is 1340. The van der Waals surface area contributed by atoms with Crippen molar-refractivity contribution >= 4 is 23.2 Å². The normalized spacial score (nSPS) is 15.7. The second-order valence-corrected chi connectivity index (χ2v) is 10.5. The number of para-hydroxylation sites is 2. The number of hydrogen-bond donors (Lipinski definition) is 0. The van der Waals surface area contributed by atoms with E-state index in [0.717, 1.165) is 23.4 Å². The number of piperazine rings is 1. The smallest absolute Gasteiger partial charge is 0.275 e. The number of fused-ring (bicyclic) bond motifs is 1. The third-order valence-electron chi connectivity index (χ3n) is 7.70. The van der Waals surface area contributed by atoms with Crippen LogP contribution in [0.2, 0.25) is 0 Å². The molecule has 1 aromatic heterocycles. The predicted molar refractivity (Wildman–Crippen MR) is 149 cm³/mol. The first kappa shape index (κ1) is 26.6. The SMILES string of the molecule is CCOc1ccccc1N1CCN(C(=O)c2coc(CN3C(=O)COc4ccc(C(C)(C)CC)cc43)n2)CC1. The number of anilines is 2. The molecule has 0 atom stereocenters. The molecular formula is C30H36N4O5. The molecule has 2 aromatic carbocycles. The lowest BCUT2D eigenvalue weighted by molar-refractivity contribution is -0.121. The average molecular weight is 533 g/mol. The molecule has 206 valence electrons. The Morgan fingerprint density at radius 3 is 2.56 bits per heavy atom. The van der Waals surface area contributed by atoms with Crippen molar-refractivity contribution in [2.75, 3.05) is 49.2 Å². The van der Waals surface area contributed by atoms with E-state index in [1.807, 2.05) is 49.4 Å². The Balaban J connectivity index is 1.26. The zero-order valence-electron chi connectivity index (χ0n) is 23.1. The van der Waals surface area contributed by atoms with E-state index in [9.17, 15) is 9.59 Å². The number of ether oxygens (including phenoxy) is 2.